The predicted octanol–water partition coefficient (Wildman–Crippen LogP) is 1.41. The van der Waals surface area contributed by atoms with Crippen molar-refractivity contribution in [2.24, 2.45) is 0 Å². The second-order valence-corrected chi connectivity index (χ2v) is 6.42. The van der Waals surface area contributed by atoms with Gasteiger partial charge in [-0.3, -0.25) is 9.59 Å². The van der Waals surface area contributed by atoms with Crippen LogP contribution < -0.4 is 10.6 Å². The van der Waals surface area contributed by atoms with Gasteiger partial charge in [-0.15, -0.1) is 0 Å². The lowest BCUT2D eigenvalue weighted by Crippen LogP contribution is -2.47. The Bertz CT molecular complexity index is 610. The Labute approximate surface area is 142 Å². The van der Waals surface area contributed by atoms with E-state index in [4.69, 9.17) is 4.74 Å². The Morgan fingerprint density at radius 1 is 1.33 bits per heavy atom. The van der Waals surface area contributed by atoms with Crippen molar-refractivity contribution >= 4 is 17.5 Å². The van der Waals surface area contributed by atoms with E-state index in [9.17, 15) is 9.59 Å². The van der Waals surface area contributed by atoms with E-state index in [-0.39, 0.29) is 24.5 Å². The van der Waals surface area contributed by atoms with E-state index >= 15 is 0 Å². The van der Waals surface area contributed by atoms with Gasteiger partial charge in [-0.25, -0.2) is 0 Å². The number of nitrogens with zero attached hydrogens (tertiary/aromatic N) is 1. The highest BCUT2D eigenvalue weighted by atomic mass is 16.5. The molecule has 0 aromatic heterocycles. The number of carbonyl (C=O) groups excluding carboxylic acids is 2. The van der Waals surface area contributed by atoms with Crippen molar-refractivity contribution in [3.05, 3.63) is 29.3 Å². The van der Waals surface area contributed by atoms with E-state index < -0.39 is 0 Å². The zero-order chi connectivity index (χ0) is 16.9. The van der Waals surface area contributed by atoms with Gasteiger partial charge in [0.25, 0.3) is 5.91 Å². The molecule has 0 unspecified atom stereocenters. The molecule has 0 aliphatic carbocycles. The fourth-order valence-corrected chi connectivity index (χ4v) is 3.47. The number of anilines is 1. The van der Waals surface area contributed by atoms with Crippen LogP contribution in [0.1, 0.15) is 35.2 Å². The molecule has 2 aliphatic heterocycles. The van der Waals surface area contributed by atoms with Gasteiger partial charge >= 0.3 is 0 Å². The molecule has 0 atom stereocenters. The zero-order valence-corrected chi connectivity index (χ0v) is 14.1. The van der Waals surface area contributed by atoms with Gasteiger partial charge in [0.1, 0.15) is 6.61 Å². The van der Waals surface area contributed by atoms with Crippen LogP contribution in [0.15, 0.2) is 18.2 Å². The fraction of sp³-hybridized carbons (Fsp3) is 0.556. The monoisotopic (exact) mass is 331 g/mol. The molecule has 2 amide bonds. The SMILES string of the molecule is COCC(=O)N1CCC(NC(=O)c2cccc3c2CCCN3)CC1. The van der Waals surface area contributed by atoms with Gasteiger partial charge in [-0.2, -0.15) is 0 Å². The summed E-state index contributed by atoms with van der Waals surface area (Å²) >= 11 is 0. The largest absolute Gasteiger partial charge is 0.385 e. The number of carbonyl (C=O) groups is 2. The molecule has 6 heteroatoms. The van der Waals surface area contributed by atoms with E-state index in [1.807, 2.05) is 18.2 Å². The molecule has 2 aliphatic rings. The predicted molar refractivity (Wildman–Crippen MR) is 92.2 cm³/mol. The van der Waals surface area contributed by atoms with Crippen LogP contribution in [0.4, 0.5) is 5.69 Å². The molecule has 1 aromatic carbocycles. The fourth-order valence-electron chi connectivity index (χ4n) is 3.47. The molecule has 1 saturated heterocycles. The molecular weight excluding hydrogens is 306 g/mol. The Kier molecular flexibility index (Phi) is 5.35. The molecule has 1 fully saturated rings. The summed E-state index contributed by atoms with van der Waals surface area (Å²) in [7, 11) is 1.53. The molecule has 3 rings (SSSR count). The van der Waals surface area contributed by atoms with Crippen molar-refractivity contribution in [3.63, 3.8) is 0 Å². The average Bonchev–Trinajstić information content (AvgIpc) is 2.62. The van der Waals surface area contributed by atoms with Gasteiger partial charge in [-0.05, 0) is 43.4 Å². The minimum Gasteiger partial charge on any atom is -0.385 e. The van der Waals surface area contributed by atoms with Crippen molar-refractivity contribution in [2.45, 2.75) is 31.7 Å². The quantitative estimate of drug-likeness (QED) is 0.875. The summed E-state index contributed by atoms with van der Waals surface area (Å²) in [6, 6.07) is 5.98. The van der Waals surface area contributed by atoms with Crippen molar-refractivity contribution in [3.8, 4) is 0 Å². The number of hydrogen-bond donors (Lipinski definition) is 2. The van der Waals surface area contributed by atoms with E-state index in [1.54, 1.807) is 4.90 Å². The van der Waals surface area contributed by atoms with E-state index in [0.717, 1.165) is 49.0 Å². The van der Waals surface area contributed by atoms with Crippen molar-refractivity contribution < 1.29 is 14.3 Å². The van der Waals surface area contributed by atoms with Crippen LogP contribution >= 0.6 is 0 Å². The Balaban J connectivity index is 1.58. The third-order valence-corrected chi connectivity index (χ3v) is 4.79. The third kappa shape index (κ3) is 3.70. The highest BCUT2D eigenvalue weighted by Gasteiger charge is 2.25. The zero-order valence-electron chi connectivity index (χ0n) is 14.1. The number of piperidine rings is 1. The van der Waals surface area contributed by atoms with E-state index in [1.165, 1.54) is 7.11 Å². The molecule has 24 heavy (non-hydrogen) atoms. The number of amides is 2. The summed E-state index contributed by atoms with van der Waals surface area (Å²) in [4.78, 5) is 26.3. The van der Waals surface area contributed by atoms with Gasteiger partial charge in [-0.1, -0.05) is 6.07 Å². The average molecular weight is 331 g/mol. The number of rotatable bonds is 4. The first-order valence-corrected chi connectivity index (χ1v) is 8.62. The molecule has 0 spiro atoms. The first-order chi connectivity index (χ1) is 11.7. The summed E-state index contributed by atoms with van der Waals surface area (Å²) in [6.45, 7) is 2.43. The van der Waals surface area contributed by atoms with Crippen LogP contribution in [0.3, 0.4) is 0 Å². The Hall–Kier alpha value is -2.08. The van der Waals surface area contributed by atoms with Gasteiger partial charge < -0.3 is 20.3 Å². The molecular formula is C18H25N3O3. The van der Waals surface area contributed by atoms with Gasteiger partial charge in [0.05, 0.1) is 0 Å². The maximum absolute atomic E-state index is 12.7. The van der Waals surface area contributed by atoms with Gasteiger partial charge in [0, 0.05) is 44.0 Å². The maximum atomic E-state index is 12.7. The van der Waals surface area contributed by atoms with Crippen LogP contribution in [-0.4, -0.2) is 56.1 Å². The van der Waals surface area contributed by atoms with Gasteiger partial charge in [0.2, 0.25) is 5.91 Å². The number of likely N-dealkylation sites (tertiary alicyclic amines) is 1. The van der Waals surface area contributed by atoms with Gasteiger partial charge in [0.15, 0.2) is 0 Å². The van der Waals surface area contributed by atoms with E-state index in [2.05, 4.69) is 10.6 Å². The number of nitrogens with one attached hydrogen (secondary N) is 2. The topological polar surface area (TPSA) is 70.7 Å². The second kappa shape index (κ2) is 7.66. The highest BCUT2D eigenvalue weighted by Crippen LogP contribution is 2.25. The van der Waals surface area contributed by atoms with Crippen LogP contribution in [0.2, 0.25) is 0 Å². The molecule has 0 bridgehead atoms. The number of benzene rings is 1. The summed E-state index contributed by atoms with van der Waals surface area (Å²) in [6.07, 6.45) is 3.57. The first kappa shape index (κ1) is 16.8. The lowest BCUT2D eigenvalue weighted by molar-refractivity contribution is -0.136. The molecule has 6 nitrogen and oxygen atoms in total. The highest BCUT2D eigenvalue weighted by molar-refractivity contribution is 5.97. The van der Waals surface area contributed by atoms with Crippen molar-refractivity contribution in [1.29, 1.82) is 0 Å². The standard InChI is InChI=1S/C18H25N3O3/c1-24-12-17(22)21-10-7-13(8-11-21)20-18(23)15-4-2-6-16-14(15)5-3-9-19-16/h2,4,6,13,19H,3,5,7-12H2,1H3,(H,20,23). The normalized spacial score (nSPS) is 17.8. The third-order valence-electron chi connectivity index (χ3n) is 4.79. The molecule has 130 valence electrons. The summed E-state index contributed by atoms with van der Waals surface area (Å²) in [5, 5.41) is 6.50. The second-order valence-electron chi connectivity index (χ2n) is 6.42. The molecule has 0 saturated carbocycles. The van der Waals surface area contributed by atoms with Crippen LogP contribution in [0, 0.1) is 0 Å². The molecule has 2 N–H and O–H groups in total. The first-order valence-electron chi connectivity index (χ1n) is 8.62. The maximum Gasteiger partial charge on any atom is 0.251 e. The number of methoxy groups -OCH3 is 1. The molecule has 0 radical (unpaired) electrons. The molecule has 1 aromatic rings. The number of fused-ring (bicyclic) bond motifs is 1. The lowest BCUT2D eigenvalue weighted by atomic mass is 9.96. The smallest absolute Gasteiger partial charge is 0.251 e. The van der Waals surface area contributed by atoms with Crippen molar-refractivity contribution in [2.75, 3.05) is 38.7 Å². The Morgan fingerprint density at radius 2 is 2.12 bits per heavy atom. The Morgan fingerprint density at radius 3 is 2.88 bits per heavy atom. The van der Waals surface area contributed by atoms with Crippen LogP contribution in [-0.2, 0) is 16.0 Å². The summed E-state index contributed by atoms with van der Waals surface area (Å²) in [5.41, 5.74) is 2.97. The minimum atomic E-state index is -0.00258. The summed E-state index contributed by atoms with van der Waals surface area (Å²) < 4.78 is 4.89. The number of hydrogen-bond acceptors (Lipinski definition) is 4. The molecule has 2 heterocycles. The van der Waals surface area contributed by atoms with Crippen LogP contribution in [0.25, 0.3) is 0 Å². The van der Waals surface area contributed by atoms with E-state index in [0.29, 0.717) is 13.1 Å². The van der Waals surface area contributed by atoms with Crippen LogP contribution in [0.5, 0.6) is 0 Å². The lowest BCUT2D eigenvalue weighted by Gasteiger charge is -2.32. The number of ether oxygens (including phenoxy) is 1. The summed E-state index contributed by atoms with van der Waals surface area (Å²) in [5.74, 6) is 0.0164. The van der Waals surface area contributed by atoms with Crippen molar-refractivity contribution in [1.82, 2.24) is 10.2 Å². The minimum absolute atomic E-state index is 0.00258.